The topological polar surface area (TPSA) is 58.0 Å². The minimum absolute atomic E-state index is 0.144. The fourth-order valence-electron chi connectivity index (χ4n) is 2.54. The fourth-order valence-corrected chi connectivity index (χ4v) is 2.54. The summed E-state index contributed by atoms with van der Waals surface area (Å²) in [6.07, 6.45) is 6.94. The van der Waals surface area contributed by atoms with Crippen LogP contribution in [0, 0.1) is 11.8 Å². The third kappa shape index (κ3) is 4.06. The first kappa shape index (κ1) is 14.6. The van der Waals surface area contributed by atoms with E-state index >= 15 is 0 Å². The van der Waals surface area contributed by atoms with Crippen molar-refractivity contribution in [3.8, 4) is 11.8 Å². The lowest BCUT2D eigenvalue weighted by molar-refractivity contribution is 0.126. The van der Waals surface area contributed by atoms with Gasteiger partial charge in [-0.1, -0.05) is 30.0 Å². The molecular formula is C18H19N3O. The minimum Gasteiger partial charge on any atom is -0.393 e. The number of nitrogens with zero attached hydrogens (tertiary/aromatic N) is 2. The summed E-state index contributed by atoms with van der Waals surface area (Å²) in [6, 6.07) is 10.2. The summed E-state index contributed by atoms with van der Waals surface area (Å²) in [6.45, 7) is 0. The van der Waals surface area contributed by atoms with Gasteiger partial charge in [0.15, 0.2) is 0 Å². The van der Waals surface area contributed by atoms with E-state index in [2.05, 4.69) is 27.1 Å². The molecule has 1 aliphatic rings. The number of rotatable bonds is 2. The highest BCUT2D eigenvalue weighted by molar-refractivity contribution is 5.41. The molecule has 1 aromatic heterocycles. The molecule has 0 radical (unpaired) electrons. The molecule has 0 aliphatic heterocycles. The predicted molar refractivity (Wildman–Crippen MR) is 86.3 cm³/mol. The molecule has 2 N–H and O–H groups in total. The van der Waals surface area contributed by atoms with Crippen LogP contribution < -0.4 is 5.32 Å². The number of hydrogen-bond donors (Lipinski definition) is 2. The summed E-state index contributed by atoms with van der Waals surface area (Å²) in [5.41, 5.74) is 1.78. The number of aliphatic hydroxyl groups is 1. The Morgan fingerprint density at radius 3 is 2.23 bits per heavy atom. The molecule has 112 valence electrons. The van der Waals surface area contributed by atoms with Crippen LogP contribution in [0.1, 0.15) is 36.8 Å². The van der Waals surface area contributed by atoms with Crippen LogP contribution in [0.2, 0.25) is 0 Å². The maximum Gasteiger partial charge on any atom is 0.222 e. The highest BCUT2D eigenvalue weighted by atomic mass is 16.3. The highest BCUT2D eigenvalue weighted by Crippen LogP contribution is 2.20. The smallest absolute Gasteiger partial charge is 0.222 e. The molecular weight excluding hydrogens is 274 g/mol. The van der Waals surface area contributed by atoms with Crippen LogP contribution in [-0.2, 0) is 0 Å². The monoisotopic (exact) mass is 293 g/mol. The molecule has 0 amide bonds. The van der Waals surface area contributed by atoms with E-state index in [9.17, 15) is 5.11 Å². The summed E-state index contributed by atoms with van der Waals surface area (Å²) in [7, 11) is 0. The van der Waals surface area contributed by atoms with Gasteiger partial charge in [-0.05, 0) is 37.8 Å². The van der Waals surface area contributed by atoms with Crippen LogP contribution >= 0.6 is 0 Å². The normalized spacial score (nSPS) is 20.8. The van der Waals surface area contributed by atoms with Crippen molar-refractivity contribution in [3.63, 3.8) is 0 Å². The van der Waals surface area contributed by atoms with Gasteiger partial charge in [-0.25, -0.2) is 9.97 Å². The van der Waals surface area contributed by atoms with Crippen LogP contribution in [0.3, 0.4) is 0 Å². The van der Waals surface area contributed by atoms with E-state index in [1.165, 1.54) is 0 Å². The summed E-state index contributed by atoms with van der Waals surface area (Å²) in [5, 5.41) is 12.8. The number of aromatic nitrogens is 2. The van der Waals surface area contributed by atoms with Gasteiger partial charge < -0.3 is 10.4 Å². The maximum atomic E-state index is 9.51. The Morgan fingerprint density at radius 1 is 0.909 bits per heavy atom. The van der Waals surface area contributed by atoms with E-state index in [1.54, 1.807) is 12.4 Å². The molecule has 1 saturated carbocycles. The first-order chi connectivity index (χ1) is 10.8. The summed E-state index contributed by atoms with van der Waals surface area (Å²) in [4.78, 5) is 8.63. The van der Waals surface area contributed by atoms with E-state index in [0.29, 0.717) is 12.0 Å². The summed E-state index contributed by atoms with van der Waals surface area (Å²) < 4.78 is 0. The van der Waals surface area contributed by atoms with Gasteiger partial charge in [-0.3, -0.25) is 0 Å². The van der Waals surface area contributed by atoms with Gasteiger partial charge in [-0.2, -0.15) is 0 Å². The SMILES string of the molecule is OC1CCC(Nc2ncc(C#Cc3ccccc3)cn2)CC1. The van der Waals surface area contributed by atoms with E-state index in [-0.39, 0.29) is 6.10 Å². The second-order valence-electron chi connectivity index (χ2n) is 5.56. The predicted octanol–water partition coefficient (Wildman–Crippen LogP) is 2.59. The fraction of sp³-hybridized carbons (Fsp3) is 0.333. The van der Waals surface area contributed by atoms with Gasteiger partial charge in [0, 0.05) is 24.0 Å². The Balaban J connectivity index is 1.60. The molecule has 1 aliphatic carbocycles. The number of anilines is 1. The third-order valence-electron chi connectivity index (χ3n) is 3.81. The van der Waals surface area contributed by atoms with Crippen molar-refractivity contribution < 1.29 is 5.11 Å². The molecule has 0 saturated heterocycles. The van der Waals surface area contributed by atoms with Crippen molar-refractivity contribution in [3.05, 3.63) is 53.9 Å². The Kier molecular flexibility index (Phi) is 4.67. The molecule has 1 aromatic carbocycles. The first-order valence-electron chi connectivity index (χ1n) is 7.63. The van der Waals surface area contributed by atoms with E-state index < -0.39 is 0 Å². The Hall–Kier alpha value is -2.38. The standard InChI is InChI=1S/C18H19N3O/c22-17-10-8-16(9-11-17)21-18-19-12-15(13-20-18)7-6-14-4-2-1-3-5-14/h1-5,12-13,16-17,22H,8-11H2,(H,19,20,21). The Labute approximate surface area is 130 Å². The first-order valence-corrected chi connectivity index (χ1v) is 7.63. The highest BCUT2D eigenvalue weighted by Gasteiger charge is 2.19. The van der Waals surface area contributed by atoms with E-state index in [1.807, 2.05) is 30.3 Å². The largest absolute Gasteiger partial charge is 0.393 e. The zero-order valence-electron chi connectivity index (χ0n) is 12.4. The zero-order valence-corrected chi connectivity index (χ0v) is 12.4. The lowest BCUT2D eigenvalue weighted by Crippen LogP contribution is -2.28. The van der Waals surface area contributed by atoms with Gasteiger partial charge in [0.05, 0.1) is 11.7 Å². The average molecular weight is 293 g/mol. The van der Waals surface area contributed by atoms with Crippen molar-refractivity contribution in [1.29, 1.82) is 0 Å². The van der Waals surface area contributed by atoms with E-state index in [4.69, 9.17) is 0 Å². The molecule has 4 nitrogen and oxygen atoms in total. The average Bonchev–Trinajstić information content (AvgIpc) is 2.57. The number of nitrogens with one attached hydrogen (secondary N) is 1. The van der Waals surface area contributed by atoms with Crippen molar-refractivity contribution in [2.24, 2.45) is 0 Å². The number of hydrogen-bond acceptors (Lipinski definition) is 4. The maximum absolute atomic E-state index is 9.51. The molecule has 2 aromatic rings. The minimum atomic E-state index is -0.144. The summed E-state index contributed by atoms with van der Waals surface area (Å²) >= 11 is 0. The zero-order chi connectivity index (χ0) is 15.2. The Morgan fingerprint density at radius 2 is 1.55 bits per heavy atom. The van der Waals surface area contributed by atoms with Crippen molar-refractivity contribution in [2.75, 3.05) is 5.32 Å². The molecule has 1 fully saturated rings. The second-order valence-corrected chi connectivity index (χ2v) is 5.56. The van der Waals surface area contributed by atoms with Gasteiger partial charge >= 0.3 is 0 Å². The molecule has 1 heterocycles. The second kappa shape index (κ2) is 7.06. The Bertz CT molecular complexity index is 650. The molecule has 22 heavy (non-hydrogen) atoms. The molecule has 0 unspecified atom stereocenters. The third-order valence-corrected chi connectivity index (χ3v) is 3.81. The molecule has 0 atom stereocenters. The van der Waals surface area contributed by atoms with Gasteiger partial charge in [-0.15, -0.1) is 0 Å². The van der Waals surface area contributed by atoms with E-state index in [0.717, 1.165) is 36.8 Å². The molecule has 4 heteroatoms. The molecule has 3 rings (SSSR count). The van der Waals surface area contributed by atoms with Gasteiger partial charge in [0.25, 0.3) is 0 Å². The molecule has 0 spiro atoms. The van der Waals surface area contributed by atoms with Crippen LogP contribution in [0.15, 0.2) is 42.7 Å². The van der Waals surface area contributed by atoms with Crippen LogP contribution in [0.25, 0.3) is 0 Å². The van der Waals surface area contributed by atoms with Crippen molar-refractivity contribution in [2.45, 2.75) is 37.8 Å². The van der Waals surface area contributed by atoms with Crippen LogP contribution in [0.4, 0.5) is 5.95 Å². The van der Waals surface area contributed by atoms with Crippen LogP contribution in [0.5, 0.6) is 0 Å². The van der Waals surface area contributed by atoms with Crippen LogP contribution in [-0.4, -0.2) is 27.2 Å². The lowest BCUT2D eigenvalue weighted by atomic mass is 9.93. The molecule has 0 bridgehead atoms. The quantitative estimate of drug-likeness (QED) is 0.836. The van der Waals surface area contributed by atoms with Gasteiger partial charge in [0.1, 0.15) is 0 Å². The van der Waals surface area contributed by atoms with Gasteiger partial charge in [0.2, 0.25) is 5.95 Å². The van der Waals surface area contributed by atoms with Crippen molar-refractivity contribution in [1.82, 2.24) is 9.97 Å². The summed E-state index contributed by atoms with van der Waals surface area (Å²) in [5.74, 6) is 6.78. The number of benzene rings is 1. The lowest BCUT2D eigenvalue weighted by Gasteiger charge is -2.25. The number of aliphatic hydroxyl groups excluding tert-OH is 1. The van der Waals surface area contributed by atoms with Crippen molar-refractivity contribution >= 4 is 5.95 Å².